The molecular formula is C15H17Cl2N3. The van der Waals surface area contributed by atoms with Crippen LogP contribution in [0.2, 0.25) is 10.0 Å². The molecule has 0 spiro atoms. The molecule has 1 aliphatic rings. The molecular weight excluding hydrogens is 293 g/mol. The molecule has 20 heavy (non-hydrogen) atoms. The Kier molecular flexibility index (Phi) is 3.90. The fraction of sp³-hybridized carbons (Fsp3) is 0.400. The Morgan fingerprint density at radius 3 is 2.60 bits per heavy atom. The lowest BCUT2D eigenvalue weighted by Crippen LogP contribution is -2.13. The second-order valence-electron chi connectivity index (χ2n) is 5.33. The van der Waals surface area contributed by atoms with Crippen LogP contribution in [0, 0.1) is 0 Å². The molecule has 0 aliphatic heterocycles. The van der Waals surface area contributed by atoms with Gasteiger partial charge in [0.25, 0.3) is 0 Å². The highest BCUT2D eigenvalue weighted by atomic mass is 35.5. The summed E-state index contributed by atoms with van der Waals surface area (Å²) in [7, 11) is 0. The molecule has 1 saturated carbocycles. The molecule has 3 nitrogen and oxygen atoms in total. The average Bonchev–Trinajstić information content (AvgIpc) is 2.82. The van der Waals surface area contributed by atoms with E-state index >= 15 is 0 Å². The molecule has 2 aromatic rings. The molecule has 3 rings (SSSR count). The number of nitrogens with zero attached hydrogens (tertiary/aromatic N) is 2. The Labute approximate surface area is 128 Å². The second-order valence-corrected chi connectivity index (χ2v) is 6.17. The maximum atomic E-state index is 6.24. The minimum atomic E-state index is 0.464. The van der Waals surface area contributed by atoms with Crippen LogP contribution in [0.1, 0.15) is 38.1 Å². The van der Waals surface area contributed by atoms with E-state index in [1.54, 1.807) is 6.07 Å². The summed E-state index contributed by atoms with van der Waals surface area (Å²) >= 11 is 12.2. The molecule has 0 saturated heterocycles. The molecule has 1 fully saturated rings. The van der Waals surface area contributed by atoms with Crippen molar-refractivity contribution >= 4 is 28.9 Å². The number of rotatable bonds is 2. The van der Waals surface area contributed by atoms with E-state index in [2.05, 4.69) is 5.10 Å². The van der Waals surface area contributed by atoms with Crippen LogP contribution in [0.5, 0.6) is 0 Å². The molecule has 1 aliphatic carbocycles. The summed E-state index contributed by atoms with van der Waals surface area (Å²) in [6.45, 7) is 0. The standard InChI is InChI=1S/C15H17Cl2N3/c16-10-6-7-12(13(17)8-10)15-14(18)9-20(19-15)11-4-2-1-3-5-11/h6-9,11H,1-5,18H2. The van der Waals surface area contributed by atoms with Crippen LogP contribution >= 0.6 is 23.2 Å². The quantitative estimate of drug-likeness (QED) is 0.853. The van der Waals surface area contributed by atoms with Crippen molar-refractivity contribution in [3.8, 4) is 11.3 Å². The van der Waals surface area contributed by atoms with Crippen LogP contribution in [0.3, 0.4) is 0 Å². The van der Waals surface area contributed by atoms with Gasteiger partial charge >= 0.3 is 0 Å². The lowest BCUT2D eigenvalue weighted by atomic mass is 9.96. The van der Waals surface area contributed by atoms with Gasteiger partial charge in [-0.05, 0) is 31.0 Å². The Morgan fingerprint density at radius 1 is 1.15 bits per heavy atom. The number of nitrogen functional groups attached to an aromatic ring is 1. The Balaban J connectivity index is 1.95. The molecule has 5 heteroatoms. The van der Waals surface area contributed by atoms with Gasteiger partial charge in [-0.1, -0.05) is 42.5 Å². The van der Waals surface area contributed by atoms with E-state index in [1.807, 2.05) is 23.0 Å². The zero-order valence-corrected chi connectivity index (χ0v) is 12.7. The second kappa shape index (κ2) is 5.66. The lowest BCUT2D eigenvalue weighted by molar-refractivity contribution is 0.330. The minimum absolute atomic E-state index is 0.464. The third-order valence-electron chi connectivity index (χ3n) is 3.90. The summed E-state index contributed by atoms with van der Waals surface area (Å²) in [5.74, 6) is 0. The maximum Gasteiger partial charge on any atom is 0.117 e. The van der Waals surface area contributed by atoms with Crippen molar-refractivity contribution in [1.29, 1.82) is 0 Å². The van der Waals surface area contributed by atoms with Crippen LogP contribution in [-0.4, -0.2) is 9.78 Å². The number of aromatic nitrogens is 2. The summed E-state index contributed by atoms with van der Waals surface area (Å²) < 4.78 is 2.01. The number of benzene rings is 1. The van der Waals surface area contributed by atoms with Crippen LogP contribution in [0.15, 0.2) is 24.4 Å². The van der Waals surface area contributed by atoms with Gasteiger partial charge in [-0.2, -0.15) is 5.10 Å². The zero-order valence-electron chi connectivity index (χ0n) is 11.1. The number of hydrogen-bond donors (Lipinski definition) is 1. The molecule has 0 unspecified atom stereocenters. The smallest absolute Gasteiger partial charge is 0.117 e. The lowest BCUT2D eigenvalue weighted by Gasteiger charge is -2.21. The van der Waals surface area contributed by atoms with Gasteiger partial charge < -0.3 is 5.73 Å². The Bertz CT molecular complexity index is 616. The van der Waals surface area contributed by atoms with Crippen molar-refractivity contribution in [1.82, 2.24) is 9.78 Å². The van der Waals surface area contributed by atoms with Crippen LogP contribution in [0.25, 0.3) is 11.3 Å². The molecule has 0 bridgehead atoms. The summed E-state index contributed by atoms with van der Waals surface area (Å²) in [5.41, 5.74) is 8.36. The summed E-state index contributed by atoms with van der Waals surface area (Å²) in [4.78, 5) is 0. The molecule has 2 N–H and O–H groups in total. The van der Waals surface area contributed by atoms with Gasteiger partial charge in [-0.25, -0.2) is 0 Å². The predicted octanol–water partition coefficient (Wildman–Crippen LogP) is 4.94. The number of anilines is 1. The van der Waals surface area contributed by atoms with E-state index in [9.17, 15) is 0 Å². The highest BCUT2D eigenvalue weighted by molar-refractivity contribution is 6.36. The maximum absolute atomic E-state index is 6.24. The third-order valence-corrected chi connectivity index (χ3v) is 4.44. The van der Waals surface area contributed by atoms with E-state index < -0.39 is 0 Å². The molecule has 0 radical (unpaired) electrons. The van der Waals surface area contributed by atoms with Gasteiger partial charge in [0.2, 0.25) is 0 Å². The Morgan fingerprint density at radius 2 is 1.90 bits per heavy atom. The van der Waals surface area contributed by atoms with Crippen molar-refractivity contribution in [3.05, 3.63) is 34.4 Å². The van der Waals surface area contributed by atoms with Crippen molar-refractivity contribution < 1.29 is 0 Å². The Hall–Kier alpha value is -1.19. The van der Waals surface area contributed by atoms with Gasteiger partial charge in [0.1, 0.15) is 5.69 Å². The van der Waals surface area contributed by atoms with E-state index in [1.165, 1.54) is 32.1 Å². The summed E-state index contributed by atoms with van der Waals surface area (Å²) in [6, 6.07) is 5.86. The normalized spacial score (nSPS) is 16.5. The molecule has 1 aromatic carbocycles. The highest BCUT2D eigenvalue weighted by Gasteiger charge is 2.19. The SMILES string of the molecule is Nc1cn(C2CCCCC2)nc1-c1ccc(Cl)cc1Cl. The number of hydrogen-bond acceptors (Lipinski definition) is 2. The molecule has 0 amide bonds. The average molecular weight is 310 g/mol. The highest BCUT2D eigenvalue weighted by Crippen LogP contribution is 2.35. The topological polar surface area (TPSA) is 43.8 Å². The van der Waals surface area contributed by atoms with E-state index in [0.29, 0.717) is 21.8 Å². The van der Waals surface area contributed by atoms with Crippen molar-refractivity contribution in [3.63, 3.8) is 0 Å². The fourth-order valence-electron chi connectivity index (χ4n) is 2.83. The molecule has 0 atom stereocenters. The van der Waals surface area contributed by atoms with Gasteiger partial charge in [0.15, 0.2) is 0 Å². The summed E-state index contributed by atoms with van der Waals surface area (Å²) in [6.07, 6.45) is 8.13. The van der Waals surface area contributed by atoms with Gasteiger partial charge in [-0.15, -0.1) is 0 Å². The molecule has 106 valence electrons. The van der Waals surface area contributed by atoms with E-state index in [-0.39, 0.29) is 0 Å². The molecule has 1 heterocycles. The zero-order chi connectivity index (χ0) is 14.1. The van der Waals surface area contributed by atoms with Crippen LogP contribution in [-0.2, 0) is 0 Å². The first-order valence-electron chi connectivity index (χ1n) is 6.95. The first-order chi connectivity index (χ1) is 9.65. The molecule has 1 aromatic heterocycles. The van der Waals surface area contributed by atoms with Crippen LogP contribution < -0.4 is 5.73 Å². The first kappa shape index (κ1) is 13.8. The predicted molar refractivity (Wildman–Crippen MR) is 84.2 cm³/mol. The van der Waals surface area contributed by atoms with Gasteiger partial charge in [-0.3, -0.25) is 4.68 Å². The van der Waals surface area contributed by atoms with Crippen LogP contribution in [0.4, 0.5) is 5.69 Å². The van der Waals surface area contributed by atoms with Gasteiger partial charge in [0.05, 0.1) is 16.8 Å². The van der Waals surface area contributed by atoms with Crippen molar-refractivity contribution in [2.75, 3.05) is 5.73 Å². The largest absolute Gasteiger partial charge is 0.396 e. The van der Waals surface area contributed by atoms with E-state index in [4.69, 9.17) is 28.9 Å². The number of halogens is 2. The third kappa shape index (κ3) is 2.65. The van der Waals surface area contributed by atoms with E-state index in [0.717, 1.165) is 11.3 Å². The van der Waals surface area contributed by atoms with Crippen molar-refractivity contribution in [2.24, 2.45) is 0 Å². The van der Waals surface area contributed by atoms with Gasteiger partial charge in [0, 0.05) is 16.8 Å². The minimum Gasteiger partial charge on any atom is -0.396 e. The first-order valence-corrected chi connectivity index (χ1v) is 7.71. The fourth-order valence-corrected chi connectivity index (χ4v) is 3.33. The number of nitrogens with two attached hydrogens (primary N) is 1. The van der Waals surface area contributed by atoms with Crippen molar-refractivity contribution in [2.45, 2.75) is 38.1 Å². The summed E-state index contributed by atoms with van der Waals surface area (Å²) in [5, 5.41) is 5.85. The monoisotopic (exact) mass is 309 g/mol.